The second kappa shape index (κ2) is 9.39. The largest absolute Gasteiger partial charge is 0.506 e. The Morgan fingerprint density at radius 2 is 1.82 bits per heavy atom. The van der Waals surface area contributed by atoms with Gasteiger partial charge < -0.3 is 15.7 Å². The number of phenolic OH excluding ortho intramolecular Hbond substituents is 1. The first-order valence-corrected chi connectivity index (χ1v) is 11.1. The van der Waals surface area contributed by atoms with Crippen LogP contribution in [0.1, 0.15) is 38.8 Å². The van der Waals surface area contributed by atoms with E-state index in [0.29, 0.717) is 16.6 Å². The minimum absolute atomic E-state index is 0.00313. The van der Waals surface area contributed by atoms with E-state index in [1.165, 1.54) is 30.0 Å². The van der Waals surface area contributed by atoms with Gasteiger partial charge in [-0.2, -0.15) is 0 Å². The molecule has 1 aromatic heterocycles. The standard InChI is InChI=1S/C24H22Cl2N4O3/c1-13-7-14-3-4-15(8-16(14)12-30(13)2)23(32)29-22-19(9-18(26)10-20(22)31)24(33)28-21-6-5-17(25)11-27-21/h3-6,8-11,13,31H,7,12H2,1-2H3,(H,29,32)(H,27,28,33). The van der Waals surface area contributed by atoms with Gasteiger partial charge in [0.25, 0.3) is 11.8 Å². The van der Waals surface area contributed by atoms with Crippen LogP contribution >= 0.6 is 23.2 Å². The number of hydrogen-bond donors (Lipinski definition) is 3. The van der Waals surface area contributed by atoms with Crippen molar-refractivity contribution in [3.8, 4) is 5.75 Å². The molecule has 2 aromatic carbocycles. The van der Waals surface area contributed by atoms with Crippen molar-refractivity contribution < 1.29 is 14.7 Å². The number of carbonyl (C=O) groups excluding carboxylic acids is 2. The molecule has 3 N–H and O–H groups in total. The highest BCUT2D eigenvalue weighted by atomic mass is 35.5. The van der Waals surface area contributed by atoms with E-state index in [1.54, 1.807) is 12.1 Å². The Morgan fingerprint density at radius 1 is 1.03 bits per heavy atom. The lowest BCUT2D eigenvalue weighted by atomic mass is 9.93. The van der Waals surface area contributed by atoms with Crippen LogP contribution in [0.2, 0.25) is 10.0 Å². The fourth-order valence-corrected chi connectivity index (χ4v) is 4.06. The summed E-state index contributed by atoms with van der Waals surface area (Å²) < 4.78 is 0. The molecular formula is C24H22Cl2N4O3. The zero-order valence-electron chi connectivity index (χ0n) is 18.0. The minimum Gasteiger partial charge on any atom is -0.506 e. The summed E-state index contributed by atoms with van der Waals surface area (Å²) in [5.41, 5.74) is 2.67. The van der Waals surface area contributed by atoms with Gasteiger partial charge in [0.15, 0.2) is 0 Å². The van der Waals surface area contributed by atoms with Crippen molar-refractivity contribution in [1.82, 2.24) is 9.88 Å². The summed E-state index contributed by atoms with van der Waals surface area (Å²) in [6.07, 6.45) is 2.30. The van der Waals surface area contributed by atoms with Crippen LogP contribution in [0.3, 0.4) is 0 Å². The number of hydrogen-bond acceptors (Lipinski definition) is 5. The maximum atomic E-state index is 13.0. The Labute approximate surface area is 201 Å². The molecule has 1 unspecified atom stereocenters. The predicted octanol–water partition coefficient (Wildman–Crippen LogP) is 4.98. The van der Waals surface area contributed by atoms with Gasteiger partial charge in [-0.1, -0.05) is 29.3 Å². The van der Waals surface area contributed by atoms with Crippen molar-refractivity contribution in [2.75, 3.05) is 17.7 Å². The first kappa shape index (κ1) is 23.0. The maximum Gasteiger partial charge on any atom is 0.259 e. The number of aromatic nitrogens is 1. The normalized spacial score (nSPS) is 15.6. The lowest BCUT2D eigenvalue weighted by Crippen LogP contribution is -2.35. The lowest BCUT2D eigenvalue weighted by molar-refractivity contribution is 0.102. The van der Waals surface area contributed by atoms with E-state index >= 15 is 0 Å². The van der Waals surface area contributed by atoms with Crippen LogP contribution in [-0.2, 0) is 13.0 Å². The number of anilines is 2. The Kier molecular flexibility index (Phi) is 6.56. The molecule has 7 nitrogen and oxygen atoms in total. The number of aromatic hydroxyl groups is 1. The number of nitrogens with one attached hydrogen (secondary N) is 2. The zero-order chi connectivity index (χ0) is 23.7. The molecule has 33 heavy (non-hydrogen) atoms. The lowest BCUT2D eigenvalue weighted by Gasteiger charge is -2.31. The van der Waals surface area contributed by atoms with Crippen LogP contribution < -0.4 is 10.6 Å². The average molecular weight is 485 g/mol. The van der Waals surface area contributed by atoms with Crippen LogP contribution in [0, 0.1) is 0 Å². The first-order valence-electron chi connectivity index (χ1n) is 10.3. The van der Waals surface area contributed by atoms with Gasteiger partial charge in [0.05, 0.1) is 16.3 Å². The highest BCUT2D eigenvalue weighted by molar-refractivity contribution is 6.32. The summed E-state index contributed by atoms with van der Waals surface area (Å²) in [5, 5.41) is 16.3. The first-order chi connectivity index (χ1) is 15.7. The molecule has 170 valence electrons. The summed E-state index contributed by atoms with van der Waals surface area (Å²) in [5.74, 6) is -1.11. The molecule has 1 atom stereocenters. The number of halogens is 2. The second-order valence-corrected chi connectivity index (χ2v) is 8.94. The SMILES string of the molecule is CC1Cc2ccc(C(=O)Nc3c(O)cc(Cl)cc3C(=O)Nc3ccc(Cl)cn3)cc2CN1C. The van der Waals surface area contributed by atoms with Crippen LogP contribution in [0.15, 0.2) is 48.7 Å². The molecule has 9 heteroatoms. The van der Waals surface area contributed by atoms with Crippen LogP contribution in [-0.4, -0.2) is 39.9 Å². The number of fused-ring (bicyclic) bond motifs is 1. The number of carbonyl (C=O) groups is 2. The van der Waals surface area contributed by atoms with E-state index in [1.807, 2.05) is 19.2 Å². The molecule has 0 fully saturated rings. The van der Waals surface area contributed by atoms with E-state index in [4.69, 9.17) is 23.2 Å². The fourth-order valence-electron chi connectivity index (χ4n) is 3.73. The number of nitrogens with zero attached hydrogens (tertiary/aromatic N) is 2. The summed E-state index contributed by atoms with van der Waals surface area (Å²) in [6, 6.07) is 11.7. The summed E-state index contributed by atoms with van der Waals surface area (Å²) in [7, 11) is 2.05. The summed E-state index contributed by atoms with van der Waals surface area (Å²) in [4.78, 5) is 32.2. The number of rotatable bonds is 4. The predicted molar refractivity (Wildman–Crippen MR) is 129 cm³/mol. The molecule has 1 aliphatic heterocycles. The third-order valence-electron chi connectivity index (χ3n) is 5.69. The van der Waals surface area contributed by atoms with Gasteiger partial charge in [-0.05, 0) is 61.9 Å². The van der Waals surface area contributed by atoms with Crippen molar-refractivity contribution in [1.29, 1.82) is 0 Å². The van der Waals surface area contributed by atoms with Gasteiger partial charge >= 0.3 is 0 Å². The number of benzene rings is 2. The molecule has 0 saturated carbocycles. The minimum atomic E-state index is -0.598. The Balaban J connectivity index is 1.60. The van der Waals surface area contributed by atoms with Crippen LogP contribution in [0.5, 0.6) is 5.75 Å². The Morgan fingerprint density at radius 3 is 2.55 bits per heavy atom. The van der Waals surface area contributed by atoms with Gasteiger partial charge in [0, 0.05) is 35.4 Å². The van der Waals surface area contributed by atoms with Crippen molar-refractivity contribution in [3.05, 3.63) is 81.0 Å². The topological polar surface area (TPSA) is 94.6 Å². The number of pyridine rings is 1. The zero-order valence-corrected chi connectivity index (χ0v) is 19.5. The molecule has 0 bridgehead atoms. The van der Waals surface area contributed by atoms with E-state index < -0.39 is 11.8 Å². The summed E-state index contributed by atoms with van der Waals surface area (Å²) >= 11 is 11.9. The highest BCUT2D eigenvalue weighted by Gasteiger charge is 2.23. The van der Waals surface area contributed by atoms with E-state index in [9.17, 15) is 14.7 Å². The quantitative estimate of drug-likeness (QED) is 0.454. The average Bonchev–Trinajstić information content (AvgIpc) is 2.77. The Bertz CT molecular complexity index is 1230. The molecular weight excluding hydrogens is 463 g/mol. The second-order valence-electron chi connectivity index (χ2n) is 8.07. The van der Waals surface area contributed by atoms with E-state index in [-0.39, 0.29) is 27.8 Å². The van der Waals surface area contributed by atoms with Gasteiger partial charge in [-0.3, -0.25) is 14.5 Å². The molecule has 1 aliphatic rings. The molecule has 0 spiro atoms. The number of amides is 2. The molecule has 2 amide bonds. The van der Waals surface area contributed by atoms with Crippen molar-refractivity contribution in [2.45, 2.75) is 25.9 Å². The van der Waals surface area contributed by atoms with E-state index in [2.05, 4.69) is 27.4 Å². The third-order valence-corrected chi connectivity index (χ3v) is 6.13. The van der Waals surface area contributed by atoms with Gasteiger partial charge in [-0.25, -0.2) is 4.98 Å². The molecule has 0 saturated heterocycles. The van der Waals surface area contributed by atoms with Gasteiger partial charge in [0.2, 0.25) is 0 Å². The van der Waals surface area contributed by atoms with Crippen LogP contribution in [0.25, 0.3) is 0 Å². The fraction of sp³-hybridized carbons (Fsp3) is 0.208. The van der Waals surface area contributed by atoms with Crippen LogP contribution in [0.4, 0.5) is 11.5 Å². The number of likely N-dealkylation sites (N-methyl/N-ethyl adjacent to an activating group) is 1. The molecule has 0 aliphatic carbocycles. The van der Waals surface area contributed by atoms with E-state index in [0.717, 1.165) is 18.5 Å². The molecule has 2 heterocycles. The molecule has 4 rings (SSSR count). The maximum absolute atomic E-state index is 13.0. The molecule has 3 aromatic rings. The molecule has 0 radical (unpaired) electrons. The highest BCUT2D eigenvalue weighted by Crippen LogP contribution is 2.33. The summed E-state index contributed by atoms with van der Waals surface area (Å²) in [6.45, 7) is 2.91. The van der Waals surface area contributed by atoms with Gasteiger partial charge in [-0.15, -0.1) is 0 Å². The monoisotopic (exact) mass is 484 g/mol. The van der Waals surface area contributed by atoms with Crippen molar-refractivity contribution in [2.24, 2.45) is 0 Å². The van der Waals surface area contributed by atoms with Crippen molar-refractivity contribution >= 4 is 46.5 Å². The van der Waals surface area contributed by atoms with Crippen molar-refractivity contribution in [3.63, 3.8) is 0 Å². The Hall–Kier alpha value is -3.13. The smallest absolute Gasteiger partial charge is 0.259 e. The number of phenols is 1. The van der Waals surface area contributed by atoms with Gasteiger partial charge in [0.1, 0.15) is 11.6 Å². The third kappa shape index (κ3) is 5.11.